The van der Waals surface area contributed by atoms with E-state index in [1.807, 2.05) is 20.0 Å². The zero-order chi connectivity index (χ0) is 15.0. The first-order valence-corrected chi connectivity index (χ1v) is 9.00. The topological polar surface area (TPSA) is 69.3 Å². The number of H-pyrrole nitrogens is 1. The van der Waals surface area contributed by atoms with Crippen LogP contribution < -0.4 is 0 Å². The van der Waals surface area contributed by atoms with Crippen LogP contribution in [0.3, 0.4) is 0 Å². The highest BCUT2D eigenvalue weighted by Crippen LogP contribution is 2.29. The third kappa shape index (κ3) is 2.76. The van der Waals surface area contributed by atoms with E-state index in [0.29, 0.717) is 23.8 Å². The summed E-state index contributed by atoms with van der Waals surface area (Å²) in [4.78, 5) is 10.5. The molecule has 3 rings (SSSR count). The summed E-state index contributed by atoms with van der Waals surface area (Å²) >= 11 is 1.32. The maximum Gasteiger partial charge on any atom is 0.252 e. The van der Waals surface area contributed by atoms with Crippen molar-refractivity contribution in [3.8, 4) is 0 Å². The van der Waals surface area contributed by atoms with Gasteiger partial charge in [-0.05, 0) is 26.1 Å². The number of rotatable bonds is 3. The first kappa shape index (κ1) is 14.7. The van der Waals surface area contributed by atoms with Crippen LogP contribution in [0.1, 0.15) is 16.7 Å². The van der Waals surface area contributed by atoms with Crippen LogP contribution in [0.25, 0.3) is 0 Å². The van der Waals surface area contributed by atoms with Gasteiger partial charge in [0.1, 0.15) is 10.0 Å². The van der Waals surface area contributed by atoms with Crippen molar-refractivity contribution in [1.82, 2.24) is 19.2 Å². The number of nitrogens with zero attached hydrogens (tertiary/aromatic N) is 3. The van der Waals surface area contributed by atoms with Crippen LogP contribution in [0.2, 0.25) is 0 Å². The largest absolute Gasteiger partial charge is 0.347 e. The first-order chi connectivity index (χ1) is 9.98. The van der Waals surface area contributed by atoms with Crippen molar-refractivity contribution in [2.45, 2.75) is 17.2 Å². The van der Waals surface area contributed by atoms with Gasteiger partial charge in [0.2, 0.25) is 0 Å². The first-order valence-electron chi connectivity index (χ1n) is 6.74. The number of thiophene rings is 1. The lowest BCUT2D eigenvalue weighted by Crippen LogP contribution is -2.49. The van der Waals surface area contributed by atoms with E-state index < -0.39 is 10.0 Å². The molecule has 1 saturated heterocycles. The summed E-state index contributed by atoms with van der Waals surface area (Å²) in [5.74, 6) is 0.805. The van der Waals surface area contributed by atoms with E-state index in [2.05, 4.69) is 14.9 Å². The van der Waals surface area contributed by atoms with Gasteiger partial charge in [0.25, 0.3) is 10.0 Å². The number of nitrogens with one attached hydrogen (secondary N) is 1. The fraction of sp³-hybridized carbons (Fsp3) is 0.462. The molecule has 2 aromatic heterocycles. The monoisotopic (exact) mass is 326 g/mol. The van der Waals surface area contributed by atoms with Crippen LogP contribution in [-0.2, 0) is 10.0 Å². The third-order valence-electron chi connectivity index (χ3n) is 3.76. The Morgan fingerprint density at radius 1 is 1.38 bits per heavy atom. The Kier molecular flexibility index (Phi) is 3.87. The molecular weight excluding hydrogens is 308 g/mol. The van der Waals surface area contributed by atoms with Gasteiger partial charge in [-0.1, -0.05) is 0 Å². The Morgan fingerprint density at radius 3 is 2.81 bits per heavy atom. The van der Waals surface area contributed by atoms with Crippen LogP contribution in [0, 0.1) is 6.92 Å². The van der Waals surface area contributed by atoms with Crippen molar-refractivity contribution in [2.75, 3.05) is 26.7 Å². The molecule has 1 atom stereocenters. The fourth-order valence-electron chi connectivity index (χ4n) is 2.50. The normalized spacial score (nSPS) is 21.7. The predicted molar refractivity (Wildman–Crippen MR) is 81.8 cm³/mol. The molecule has 6 nitrogen and oxygen atoms in total. The Balaban J connectivity index is 1.86. The molecule has 1 fully saturated rings. The van der Waals surface area contributed by atoms with E-state index in [9.17, 15) is 8.42 Å². The lowest BCUT2D eigenvalue weighted by molar-refractivity contribution is 0.143. The van der Waals surface area contributed by atoms with E-state index >= 15 is 0 Å². The molecule has 0 aliphatic carbocycles. The van der Waals surface area contributed by atoms with Crippen molar-refractivity contribution in [1.29, 1.82) is 0 Å². The standard InChI is InChI=1S/C13H18N4O2S2/c1-10-3-4-12(20-10)21(18,19)17-8-7-16(2)11(9-17)13-14-5-6-15-13/h3-6,11H,7-9H2,1-2H3,(H,14,15). The highest BCUT2D eigenvalue weighted by atomic mass is 32.2. The Bertz CT molecular complexity index is 708. The van der Waals surface area contributed by atoms with Crippen LogP contribution >= 0.6 is 11.3 Å². The SMILES string of the molecule is Cc1ccc(S(=O)(=O)N2CCN(C)C(c3ncc[nH]3)C2)s1. The number of piperazine rings is 1. The predicted octanol–water partition coefficient (Wildman–Crippen LogP) is 1.46. The van der Waals surface area contributed by atoms with E-state index in [4.69, 9.17) is 0 Å². The Morgan fingerprint density at radius 2 is 2.19 bits per heavy atom. The van der Waals surface area contributed by atoms with Crippen LogP contribution in [0.5, 0.6) is 0 Å². The van der Waals surface area contributed by atoms with Gasteiger partial charge < -0.3 is 4.98 Å². The second kappa shape index (κ2) is 5.53. The molecular formula is C13H18N4O2S2. The van der Waals surface area contributed by atoms with Gasteiger partial charge in [0.05, 0.1) is 6.04 Å². The second-order valence-electron chi connectivity index (χ2n) is 5.20. The second-order valence-corrected chi connectivity index (χ2v) is 8.65. The number of aromatic nitrogens is 2. The summed E-state index contributed by atoms with van der Waals surface area (Å²) < 4.78 is 27.4. The van der Waals surface area contributed by atoms with Crippen molar-refractivity contribution in [2.24, 2.45) is 0 Å². The summed E-state index contributed by atoms with van der Waals surface area (Å²) in [5.41, 5.74) is 0. The molecule has 1 N–H and O–H groups in total. The summed E-state index contributed by atoms with van der Waals surface area (Å²) in [6, 6.07) is 3.50. The fourth-order valence-corrected chi connectivity index (χ4v) is 5.38. The summed E-state index contributed by atoms with van der Waals surface area (Å²) in [6.45, 7) is 3.53. The molecule has 0 amide bonds. The lowest BCUT2D eigenvalue weighted by Gasteiger charge is -2.37. The highest BCUT2D eigenvalue weighted by Gasteiger charge is 2.35. The van der Waals surface area contributed by atoms with Crippen molar-refractivity contribution in [3.05, 3.63) is 35.2 Å². The summed E-state index contributed by atoms with van der Waals surface area (Å²) in [6.07, 6.45) is 3.46. The number of hydrogen-bond donors (Lipinski definition) is 1. The van der Waals surface area contributed by atoms with Crippen molar-refractivity contribution < 1.29 is 8.42 Å². The maximum absolute atomic E-state index is 12.7. The number of imidazole rings is 1. The molecule has 1 aliphatic rings. The smallest absolute Gasteiger partial charge is 0.252 e. The molecule has 114 valence electrons. The molecule has 3 heterocycles. The quantitative estimate of drug-likeness (QED) is 0.927. The van der Waals surface area contributed by atoms with Gasteiger partial charge in [0, 0.05) is 36.9 Å². The summed E-state index contributed by atoms with van der Waals surface area (Å²) in [5, 5.41) is 0. The number of aryl methyl sites for hydroxylation is 1. The minimum absolute atomic E-state index is 0.0374. The van der Waals surface area contributed by atoms with Gasteiger partial charge in [-0.2, -0.15) is 4.31 Å². The highest BCUT2D eigenvalue weighted by molar-refractivity contribution is 7.91. The minimum atomic E-state index is -3.41. The molecule has 1 unspecified atom stereocenters. The van der Waals surface area contributed by atoms with Crippen molar-refractivity contribution >= 4 is 21.4 Å². The van der Waals surface area contributed by atoms with E-state index in [0.717, 1.165) is 10.7 Å². The van der Waals surface area contributed by atoms with Crippen LogP contribution in [0.15, 0.2) is 28.7 Å². The molecule has 1 aliphatic heterocycles. The average molecular weight is 326 g/mol. The maximum atomic E-state index is 12.7. The zero-order valence-electron chi connectivity index (χ0n) is 12.0. The molecule has 0 saturated carbocycles. The number of likely N-dealkylation sites (N-methyl/N-ethyl adjacent to an activating group) is 1. The van der Waals surface area contributed by atoms with Gasteiger partial charge >= 0.3 is 0 Å². The lowest BCUT2D eigenvalue weighted by atomic mass is 10.2. The van der Waals surface area contributed by atoms with Gasteiger partial charge in [0.15, 0.2) is 0 Å². The molecule has 0 aromatic carbocycles. The Hall–Kier alpha value is -1.22. The third-order valence-corrected chi connectivity index (χ3v) is 7.09. The zero-order valence-corrected chi connectivity index (χ0v) is 13.6. The van der Waals surface area contributed by atoms with E-state index in [1.165, 1.54) is 11.3 Å². The van der Waals surface area contributed by atoms with E-state index in [-0.39, 0.29) is 6.04 Å². The van der Waals surface area contributed by atoms with Gasteiger partial charge in [-0.3, -0.25) is 4.90 Å². The van der Waals surface area contributed by atoms with Gasteiger partial charge in [-0.15, -0.1) is 11.3 Å². The average Bonchev–Trinajstić information content (AvgIpc) is 3.10. The number of aromatic amines is 1. The van der Waals surface area contributed by atoms with Crippen LogP contribution in [-0.4, -0.2) is 54.3 Å². The number of sulfonamides is 1. The molecule has 0 spiro atoms. The molecule has 2 aromatic rings. The molecule has 8 heteroatoms. The molecule has 0 radical (unpaired) electrons. The molecule has 0 bridgehead atoms. The Labute approximate surface area is 128 Å². The summed E-state index contributed by atoms with van der Waals surface area (Å²) in [7, 11) is -1.41. The van der Waals surface area contributed by atoms with E-state index in [1.54, 1.807) is 22.8 Å². The minimum Gasteiger partial charge on any atom is -0.347 e. The van der Waals surface area contributed by atoms with Crippen molar-refractivity contribution in [3.63, 3.8) is 0 Å². The van der Waals surface area contributed by atoms with Crippen LogP contribution in [0.4, 0.5) is 0 Å². The molecule has 21 heavy (non-hydrogen) atoms. The number of hydrogen-bond acceptors (Lipinski definition) is 5. The van der Waals surface area contributed by atoms with Gasteiger partial charge in [-0.25, -0.2) is 13.4 Å².